The summed E-state index contributed by atoms with van der Waals surface area (Å²) in [4.78, 5) is 29.1. The Morgan fingerprint density at radius 3 is 2.39 bits per heavy atom. The fraction of sp³-hybridized carbons (Fsp3) is 0.261. The number of benzene rings is 1. The molecule has 0 radical (unpaired) electrons. The van der Waals surface area contributed by atoms with Crippen molar-refractivity contribution in [1.82, 2.24) is 14.3 Å². The van der Waals surface area contributed by atoms with Gasteiger partial charge in [0.2, 0.25) is 5.88 Å². The fourth-order valence-electron chi connectivity index (χ4n) is 3.98. The Balaban J connectivity index is 1.89. The number of carbonyl (C=O) groups excluding carboxylic acids is 1. The molecule has 3 aromatic heterocycles. The van der Waals surface area contributed by atoms with E-state index in [2.05, 4.69) is 4.98 Å². The zero-order chi connectivity index (χ0) is 22.3. The Bertz CT molecular complexity index is 1340. The second kappa shape index (κ2) is 7.79. The van der Waals surface area contributed by atoms with Crippen molar-refractivity contribution < 1.29 is 18.8 Å². The topological polar surface area (TPSA) is 88.5 Å². The first-order valence-electron chi connectivity index (χ1n) is 9.83. The monoisotopic (exact) mass is 421 g/mol. The van der Waals surface area contributed by atoms with E-state index in [1.54, 1.807) is 20.2 Å². The van der Waals surface area contributed by atoms with Crippen molar-refractivity contribution in [3.8, 4) is 28.3 Å². The van der Waals surface area contributed by atoms with E-state index in [4.69, 9.17) is 14.0 Å². The van der Waals surface area contributed by atoms with Crippen LogP contribution in [0, 0.1) is 6.92 Å². The highest BCUT2D eigenvalue weighted by molar-refractivity contribution is 6.06. The maximum Gasteiger partial charge on any atom is 0.345 e. The van der Waals surface area contributed by atoms with E-state index in [0.29, 0.717) is 28.9 Å². The SMILES string of the molecule is CCn1c(-c2ccc(-c3c(C)on(C)c3=O)cc2)cc2cnc(OC)c(C(=O)OC)c21. The smallest absolute Gasteiger partial charge is 0.345 e. The molecule has 0 amide bonds. The number of aryl methyl sites for hydroxylation is 3. The van der Waals surface area contributed by atoms with Crippen molar-refractivity contribution in [2.45, 2.75) is 20.4 Å². The first kappa shape index (κ1) is 20.5. The maximum atomic E-state index is 12.5. The Morgan fingerprint density at radius 2 is 1.84 bits per heavy atom. The molecule has 0 unspecified atom stereocenters. The van der Waals surface area contributed by atoms with Crippen molar-refractivity contribution in [1.29, 1.82) is 0 Å². The van der Waals surface area contributed by atoms with Gasteiger partial charge in [0.15, 0.2) is 0 Å². The largest absolute Gasteiger partial charge is 0.480 e. The third-order valence-corrected chi connectivity index (χ3v) is 5.39. The van der Waals surface area contributed by atoms with Crippen LogP contribution in [-0.4, -0.2) is 34.5 Å². The highest BCUT2D eigenvalue weighted by Gasteiger charge is 2.23. The molecule has 4 rings (SSSR count). The van der Waals surface area contributed by atoms with Gasteiger partial charge < -0.3 is 18.6 Å². The van der Waals surface area contributed by atoms with Gasteiger partial charge in [-0.05, 0) is 31.0 Å². The van der Waals surface area contributed by atoms with E-state index in [1.165, 1.54) is 19.0 Å². The number of fused-ring (bicyclic) bond motifs is 1. The molecule has 8 nitrogen and oxygen atoms in total. The molecule has 0 aliphatic carbocycles. The van der Waals surface area contributed by atoms with Gasteiger partial charge in [0.1, 0.15) is 11.3 Å². The van der Waals surface area contributed by atoms with Gasteiger partial charge >= 0.3 is 5.97 Å². The molecular weight excluding hydrogens is 398 g/mol. The summed E-state index contributed by atoms with van der Waals surface area (Å²) in [6, 6.07) is 9.67. The van der Waals surface area contributed by atoms with Gasteiger partial charge in [-0.2, -0.15) is 4.74 Å². The van der Waals surface area contributed by atoms with Crippen LogP contribution < -0.4 is 10.3 Å². The predicted octanol–water partition coefficient (Wildman–Crippen LogP) is 3.79. The van der Waals surface area contributed by atoms with Crippen LogP contribution in [0.15, 0.2) is 45.8 Å². The summed E-state index contributed by atoms with van der Waals surface area (Å²) in [5.41, 5.74) is 4.02. The lowest BCUT2D eigenvalue weighted by Crippen LogP contribution is -2.11. The second-order valence-corrected chi connectivity index (χ2v) is 7.11. The quantitative estimate of drug-likeness (QED) is 0.456. The van der Waals surface area contributed by atoms with E-state index in [1.807, 2.05) is 41.8 Å². The summed E-state index contributed by atoms with van der Waals surface area (Å²) < 4.78 is 18.9. The van der Waals surface area contributed by atoms with Crippen LogP contribution in [0.1, 0.15) is 23.0 Å². The summed E-state index contributed by atoms with van der Waals surface area (Å²) in [5.74, 6) is 0.292. The third-order valence-electron chi connectivity index (χ3n) is 5.39. The number of methoxy groups -OCH3 is 2. The molecule has 1 aromatic carbocycles. The number of hydrogen-bond acceptors (Lipinski definition) is 6. The van der Waals surface area contributed by atoms with Gasteiger partial charge in [0.25, 0.3) is 5.56 Å². The zero-order valence-corrected chi connectivity index (χ0v) is 18.1. The zero-order valence-electron chi connectivity index (χ0n) is 18.1. The standard InChI is InChI=1S/C23H23N3O5/c1-6-26-17(11-16-12-24-21(29-4)19(20(16)26)23(28)30-5)14-7-9-15(10-8-14)18-13(2)31-25(3)22(18)27/h7-12H,6H2,1-5H3. The van der Waals surface area contributed by atoms with Gasteiger partial charge in [0, 0.05) is 30.9 Å². The maximum absolute atomic E-state index is 12.5. The number of aromatic nitrogens is 3. The lowest BCUT2D eigenvalue weighted by atomic mass is 10.0. The number of ether oxygens (including phenoxy) is 2. The minimum Gasteiger partial charge on any atom is -0.480 e. The summed E-state index contributed by atoms with van der Waals surface area (Å²) in [6.45, 7) is 4.40. The Hall–Kier alpha value is -3.81. The average molecular weight is 421 g/mol. The molecule has 0 aliphatic rings. The molecule has 0 aliphatic heterocycles. The molecule has 0 bridgehead atoms. The average Bonchev–Trinajstić information content (AvgIpc) is 3.28. The van der Waals surface area contributed by atoms with Crippen LogP contribution in [0.5, 0.6) is 5.88 Å². The summed E-state index contributed by atoms with van der Waals surface area (Å²) in [6.07, 6.45) is 1.68. The summed E-state index contributed by atoms with van der Waals surface area (Å²) in [7, 11) is 4.40. The highest BCUT2D eigenvalue weighted by atomic mass is 16.5. The molecule has 0 saturated heterocycles. The van der Waals surface area contributed by atoms with Crippen molar-refractivity contribution in [3.63, 3.8) is 0 Å². The molecule has 0 atom stereocenters. The third kappa shape index (κ3) is 3.20. The van der Waals surface area contributed by atoms with Gasteiger partial charge in [0.05, 0.1) is 25.3 Å². The van der Waals surface area contributed by atoms with Crippen LogP contribution in [0.3, 0.4) is 0 Å². The molecule has 0 N–H and O–H groups in total. The predicted molar refractivity (Wildman–Crippen MR) is 116 cm³/mol. The molecule has 0 spiro atoms. The van der Waals surface area contributed by atoms with E-state index in [0.717, 1.165) is 22.2 Å². The molecule has 0 fully saturated rings. The highest BCUT2D eigenvalue weighted by Crippen LogP contribution is 2.34. The van der Waals surface area contributed by atoms with Gasteiger partial charge in [-0.15, -0.1) is 0 Å². The van der Waals surface area contributed by atoms with E-state index in [9.17, 15) is 9.59 Å². The van der Waals surface area contributed by atoms with Crippen molar-refractivity contribution in [2.75, 3.05) is 14.2 Å². The molecule has 8 heteroatoms. The van der Waals surface area contributed by atoms with Crippen LogP contribution in [0.2, 0.25) is 0 Å². The number of esters is 1. The van der Waals surface area contributed by atoms with Crippen LogP contribution in [-0.2, 0) is 18.3 Å². The summed E-state index contributed by atoms with van der Waals surface area (Å²) >= 11 is 0. The van der Waals surface area contributed by atoms with Crippen molar-refractivity contribution in [3.05, 3.63) is 58.2 Å². The number of rotatable bonds is 5. The number of nitrogens with zero attached hydrogens (tertiary/aromatic N) is 3. The molecule has 0 saturated carbocycles. The fourth-order valence-corrected chi connectivity index (χ4v) is 3.98. The van der Waals surface area contributed by atoms with E-state index >= 15 is 0 Å². The van der Waals surface area contributed by atoms with Crippen molar-refractivity contribution in [2.24, 2.45) is 7.05 Å². The van der Waals surface area contributed by atoms with E-state index < -0.39 is 5.97 Å². The van der Waals surface area contributed by atoms with Crippen LogP contribution in [0.4, 0.5) is 0 Å². The Kier molecular flexibility index (Phi) is 5.14. The normalized spacial score (nSPS) is 11.1. The first-order valence-corrected chi connectivity index (χ1v) is 9.83. The number of carbonyl (C=O) groups is 1. The lowest BCUT2D eigenvalue weighted by molar-refractivity contribution is 0.0598. The van der Waals surface area contributed by atoms with Gasteiger partial charge in [-0.3, -0.25) is 4.79 Å². The second-order valence-electron chi connectivity index (χ2n) is 7.11. The lowest BCUT2D eigenvalue weighted by Gasteiger charge is -2.12. The van der Waals surface area contributed by atoms with Gasteiger partial charge in [-0.25, -0.2) is 9.78 Å². The minimum absolute atomic E-state index is 0.172. The summed E-state index contributed by atoms with van der Waals surface area (Å²) in [5, 5.41) is 0.807. The van der Waals surface area contributed by atoms with Gasteiger partial charge in [-0.1, -0.05) is 24.3 Å². The van der Waals surface area contributed by atoms with E-state index in [-0.39, 0.29) is 11.4 Å². The Morgan fingerprint density at radius 1 is 1.16 bits per heavy atom. The number of pyridine rings is 1. The first-order chi connectivity index (χ1) is 14.9. The van der Waals surface area contributed by atoms with Crippen molar-refractivity contribution >= 4 is 16.9 Å². The number of hydrogen-bond donors (Lipinski definition) is 0. The molecule has 3 heterocycles. The molecule has 31 heavy (non-hydrogen) atoms. The molecular formula is C23H23N3O5. The molecule has 4 aromatic rings. The molecule has 160 valence electrons. The minimum atomic E-state index is -0.504. The Labute approximate surface area is 178 Å². The van der Waals surface area contributed by atoms with Crippen LogP contribution >= 0.6 is 0 Å². The van der Waals surface area contributed by atoms with Crippen LogP contribution in [0.25, 0.3) is 33.3 Å².